The van der Waals surface area contributed by atoms with Crippen molar-refractivity contribution in [3.63, 3.8) is 0 Å². The number of nitrogens with one attached hydrogen (secondary N) is 1. The quantitative estimate of drug-likeness (QED) is 0.894. The van der Waals surface area contributed by atoms with Gasteiger partial charge in [0.05, 0.1) is 11.1 Å². The van der Waals surface area contributed by atoms with Crippen molar-refractivity contribution in [2.75, 3.05) is 13.2 Å². The second-order valence-corrected chi connectivity index (χ2v) is 5.20. The van der Waals surface area contributed by atoms with E-state index in [1.807, 2.05) is 12.1 Å². The molecule has 1 N–H and O–H groups in total. The van der Waals surface area contributed by atoms with E-state index in [0.29, 0.717) is 6.04 Å². The second kappa shape index (κ2) is 5.39. The molecule has 1 aliphatic rings. The first kappa shape index (κ1) is 12.2. The van der Waals surface area contributed by atoms with Crippen molar-refractivity contribution in [2.45, 2.75) is 25.8 Å². The Hall–Kier alpha value is -0.250. The predicted octanol–water partition coefficient (Wildman–Crippen LogP) is 3.93. The molecule has 0 bridgehead atoms. The number of fused-ring (bicyclic) bond motifs is 1. The molecule has 0 aromatic heterocycles. The van der Waals surface area contributed by atoms with Crippen molar-refractivity contribution in [2.24, 2.45) is 0 Å². The summed E-state index contributed by atoms with van der Waals surface area (Å²) in [5.74, 6) is 0.938. The van der Waals surface area contributed by atoms with E-state index in [1.54, 1.807) is 0 Å². The normalized spacial score (nSPS) is 19.8. The Morgan fingerprint density at radius 1 is 1.56 bits per heavy atom. The number of hydrogen-bond donors (Lipinski definition) is 1. The van der Waals surface area contributed by atoms with Crippen LogP contribution in [0.15, 0.2) is 16.6 Å². The molecule has 1 heterocycles. The molecule has 88 valence electrons. The Bertz CT molecular complexity index is 384. The Labute approximate surface area is 109 Å². The van der Waals surface area contributed by atoms with Gasteiger partial charge in [-0.25, -0.2) is 0 Å². The molecule has 1 aliphatic heterocycles. The highest BCUT2D eigenvalue weighted by Crippen LogP contribution is 2.39. The van der Waals surface area contributed by atoms with Gasteiger partial charge in [-0.3, -0.25) is 0 Å². The van der Waals surface area contributed by atoms with Gasteiger partial charge >= 0.3 is 0 Å². The summed E-state index contributed by atoms with van der Waals surface area (Å²) < 4.78 is 6.71. The molecular formula is C12H15BrClNO. The van der Waals surface area contributed by atoms with E-state index >= 15 is 0 Å². The molecule has 0 spiro atoms. The number of benzene rings is 1. The predicted molar refractivity (Wildman–Crippen MR) is 70.3 cm³/mol. The van der Waals surface area contributed by atoms with Crippen LogP contribution in [0.25, 0.3) is 0 Å². The van der Waals surface area contributed by atoms with E-state index in [2.05, 4.69) is 28.2 Å². The summed E-state index contributed by atoms with van der Waals surface area (Å²) in [7, 11) is 0. The first-order valence-electron chi connectivity index (χ1n) is 5.57. The Kier molecular flexibility index (Phi) is 4.11. The molecule has 1 unspecified atom stereocenters. The van der Waals surface area contributed by atoms with E-state index in [9.17, 15) is 0 Å². The van der Waals surface area contributed by atoms with Gasteiger partial charge in [0.1, 0.15) is 5.75 Å². The van der Waals surface area contributed by atoms with E-state index in [1.165, 1.54) is 5.56 Å². The Morgan fingerprint density at radius 3 is 3.12 bits per heavy atom. The van der Waals surface area contributed by atoms with Crippen molar-refractivity contribution in [1.82, 2.24) is 5.32 Å². The third kappa shape index (κ3) is 2.53. The van der Waals surface area contributed by atoms with Crippen LogP contribution in [0.4, 0.5) is 0 Å². The van der Waals surface area contributed by atoms with Gasteiger partial charge in [-0.1, -0.05) is 18.5 Å². The number of halogens is 2. The molecule has 0 amide bonds. The fourth-order valence-electron chi connectivity index (χ4n) is 2.07. The molecule has 0 fully saturated rings. The lowest BCUT2D eigenvalue weighted by Gasteiger charge is -2.18. The van der Waals surface area contributed by atoms with Gasteiger partial charge in [0, 0.05) is 16.6 Å². The first-order chi connectivity index (χ1) is 7.72. The fraction of sp³-hybridized carbons (Fsp3) is 0.500. The third-order valence-corrected chi connectivity index (χ3v) is 3.55. The molecule has 0 radical (unpaired) electrons. The summed E-state index contributed by atoms with van der Waals surface area (Å²) in [4.78, 5) is 0. The lowest BCUT2D eigenvalue weighted by Crippen LogP contribution is -2.20. The molecule has 0 aliphatic carbocycles. The Balaban J connectivity index is 2.43. The molecule has 1 aromatic carbocycles. The van der Waals surface area contributed by atoms with Crippen LogP contribution in [-0.2, 0) is 0 Å². The second-order valence-electron chi connectivity index (χ2n) is 3.91. The molecule has 0 saturated heterocycles. The zero-order chi connectivity index (χ0) is 11.5. The van der Waals surface area contributed by atoms with Crippen LogP contribution in [0.1, 0.15) is 31.4 Å². The highest BCUT2D eigenvalue weighted by molar-refractivity contribution is 9.10. The molecule has 0 saturated carbocycles. The topological polar surface area (TPSA) is 21.3 Å². The van der Waals surface area contributed by atoms with Crippen LogP contribution in [0.5, 0.6) is 5.75 Å². The van der Waals surface area contributed by atoms with E-state index in [0.717, 1.165) is 41.2 Å². The van der Waals surface area contributed by atoms with E-state index < -0.39 is 0 Å². The average Bonchev–Trinajstić information content (AvgIpc) is 2.42. The minimum Gasteiger partial charge on any atom is -0.492 e. The molecule has 4 heteroatoms. The minimum absolute atomic E-state index is 0.345. The number of rotatable bonds is 2. The highest BCUT2D eigenvalue weighted by Gasteiger charge is 2.21. The fourth-order valence-corrected chi connectivity index (χ4v) is 3.02. The van der Waals surface area contributed by atoms with Crippen LogP contribution < -0.4 is 10.1 Å². The smallest absolute Gasteiger partial charge is 0.138 e. The standard InChI is InChI=1S/C12H15BrClNO/c1-2-15-11-4-3-5-16-12-9(11)6-8(14)7-10(12)13/h6-7,11,15H,2-5H2,1H3. The highest BCUT2D eigenvalue weighted by atomic mass is 79.9. The summed E-state index contributed by atoms with van der Waals surface area (Å²) in [6.07, 6.45) is 2.16. The average molecular weight is 305 g/mol. The van der Waals surface area contributed by atoms with Crippen molar-refractivity contribution in [3.8, 4) is 5.75 Å². The third-order valence-electron chi connectivity index (χ3n) is 2.75. The zero-order valence-electron chi connectivity index (χ0n) is 9.22. The van der Waals surface area contributed by atoms with Gasteiger partial charge in [0.2, 0.25) is 0 Å². The molecule has 2 nitrogen and oxygen atoms in total. The zero-order valence-corrected chi connectivity index (χ0v) is 11.6. The lowest BCUT2D eigenvalue weighted by molar-refractivity contribution is 0.313. The van der Waals surface area contributed by atoms with Crippen LogP contribution in [0, 0.1) is 0 Å². The first-order valence-corrected chi connectivity index (χ1v) is 6.74. The molecule has 1 aromatic rings. The van der Waals surface area contributed by atoms with Gasteiger partial charge in [-0.05, 0) is 47.4 Å². The van der Waals surface area contributed by atoms with Gasteiger partial charge in [-0.2, -0.15) is 0 Å². The van der Waals surface area contributed by atoms with Crippen molar-refractivity contribution in [1.29, 1.82) is 0 Å². The summed E-state index contributed by atoms with van der Waals surface area (Å²) in [6, 6.07) is 4.23. The molecule has 2 rings (SSSR count). The molecule has 16 heavy (non-hydrogen) atoms. The number of ether oxygens (including phenoxy) is 1. The van der Waals surface area contributed by atoms with Crippen LogP contribution in [0.2, 0.25) is 5.02 Å². The molecular weight excluding hydrogens is 289 g/mol. The SMILES string of the molecule is CCNC1CCCOc2c(Br)cc(Cl)cc21. The largest absolute Gasteiger partial charge is 0.492 e. The molecule has 1 atom stereocenters. The summed E-state index contributed by atoms with van der Waals surface area (Å²) in [6.45, 7) is 3.84. The number of hydrogen-bond acceptors (Lipinski definition) is 2. The van der Waals surface area contributed by atoms with Crippen molar-refractivity contribution in [3.05, 3.63) is 27.2 Å². The lowest BCUT2D eigenvalue weighted by atomic mass is 10.0. The van der Waals surface area contributed by atoms with Crippen molar-refractivity contribution < 1.29 is 4.74 Å². The van der Waals surface area contributed by atoms with Crippen LogP contribution >= 0.6 is 27.5 Å². The Morgan fingerprint density at radius 2 is 2.38 bits per heavy atom. The summed E-state index contributed by atoms with van der Waals surface area (Å²) >= 11 is 9.60. The van der Waals surface area contributed by atoms with Gasteiger partial charge in [0.15, 0.2) is 0 Å². The van der Waals surface area contributed by atoms with Gasteiger partial charge in [0.25, 0.3) is 0 Å². The summed E-state index contributed by atoms with van der Waals surface area (Å²) in [5.41, 5.74) is 1.17. The van der Waals surface area contributed by atoms with Gasteiger partial charge < -0.3 is 10.1 Å². The summed E-state index contributed by atoms with van der Waals surface area (Å²) in [5, 5.41) is 4.22. The van der Waals surface area contributed by atoms with E-state index in [4.69, 9.17) is 16.3 Å². The van der Waals surface area contributed by atoms with Crippen LogP contribution in [0.3, 0.4) is 0 Å². The van der Waals surface area contributed by atoms with Crippen LogP contribution in [-0.4, -0.2) is 13.2 Å². The maximum absolute atomic E-state index is 6.09. The minimum atomic E-state index is 0.345. The maximum atomic E-state index is 6.09. The van der Waals surface area contributed by atoms with Crippen molar-refractivity contribution >= 4 is 27.5 Å². The maximum Gasteiger partial charge on any atom is 0.138 e. The van der Waals surface area contributed by atoms with Gasteiger partial charge in [-0.15, -0.1) is 0 Å². The van der Waals surface area contributed by atoms with E-state index in [-0.39, 0.29) is 0 Å². The monoisotopic (exact) mass is 303 g/mol.